The molecule has 6 nitrogen and oxygen atoms in total. The number of aliphatic hydroxyl groups is 1. The third-order valence-electron chi connectivity index (χ3n) is 2.87. The normalized spacial score (nSPS) is 22.1. The molecule has 6 heteroatoms. The molecule has 16 heavy (non-hydrogen) atoms. The van der Waals surface area contributed by atoms with Crippen molar-refractivity contribution in [3.05, 3.63) is 12.3 Å². The molecule has 0 aliphatic carbocycles. The van der Waals surface area contributed by atoms with Gasteiger partial charge in [0, 0.05) is 25.1 Å². The van der Waals surface area contributed by atoms with Crippen molar-refractivity contribution in [1.29, 1.82) is 0 Å². The first-order valence-electron chi connectivity index (χ1n) is 5.31. The lowest BCUT2D eigenvalue weighted by Crippen LogP contribution is -2.34. The largest absolute Gasteiger partial charge is 0.393 e. The molecule has 2 rings (SSSR count). The zero-order valence-corrected chi connectivity index (χ0v) is 9.09. The van der Waals surface area contributed by atoms with E-state index >= 15 is 0 Å². The SMILES string of the molecule is CC(O)C1CCN(C(=O)Nc2ccon2)C1. The highest BCUT2D eigenvalue weighted by Gasteiger charge is 2.29. The number of amides is 2. The van der Waals surface area contributed by atoms with E-state index in [0.29, 0.717) is 18.9 Å². The van der Waals surface area contributed by atoms with E-state index in [2.05, 4.69) is 15.0 Å². The maximum atomic E-state index is 11.7. The number of aliphatic hydroxyl groups excluding tert-OH is 1. The van der Waals surface area contributed by atoms with Crippen LogP contribution in [-0.2, 0) is 0 Å². The lowest BCUT2D eigenvalue weighted by Gasteiger charge is -2.17. The van der Waals surface area contributed by atoms with Crippen molar-refractivity contribution in [2.45, 2.75) is 19.4 Å². The zero-order chi connectivity index (χ0) is 11.5. The van der Waals surface area contributed by atoms with Crippen LogP contribution in [0.1, 0.15) is 13.3 Å². The van der Waals surface area contributed by atoms with Gasteiger partial charge in [-0.15, -0.1) is 0 Å². The summed E-state index contributed by atoms with van der Waals surface area (Å²) in [4.78, 5) is 13.4. The van der Waals surface area contributed by atoms with Crippen LogP contribution in [0.15, 0.2) is 16.9 Å². The molecule has 0 aromatic carbocycles. The fraction of sp³-hybridized carbons (Fsp3) is 0.600. The van der Waals surface area contributed by atoms with Gasteiger partial charge in [0.1, 0.15) is 6.26 Å². The molecule has 1 fully saturated rings. The molecular weight excluding hydrogens is 210 g/mol. The summed E-state index contributed by atoms with van der Waals surface area (Å²) < 4.78 is 4.61. The summed E-state index contributed by atoms with van der Waals surface area (Å²) in [6.07, 6.45) is 1.87. The minimum atomic E-state index is -0.371. The van der Waals surface area contributed by atoms with E-state index in [1.165, 1.54) is 6.26 Å². The Balaban J connectivity index is 1.87. The summed E-state index contributed by atoms with van der Waals surface area (Å²) in [7, 11) is 0. The van der Waals surface area contributed by atoms with Crippen LogP contribution in [0.25, 0.3) is 0 Å². The Morgan fingerprint density at radius 3 is 3.19 bits per heavy atom. The number of hydrogen-bond acceptors (Lipinski definition) is 4. The van der Waals surface area contributed by atoms with Gasteiger partial charge in [-0.1, -0.05) is 5.16 Å². The Hall–Kier alpha value is -1.56. The highest BCUT2D eigenvalue weighted by molar-refractivity contribution is 5.88. The second kappa shape index (κ2) is 4.52. The van der Waals surface area contributed by atoms with Crippen LogP contribution in [-0.4, -0.2) is 40.4 Å². The molecule has 2 N–H and O–H groups in total. The maximum absolute atomic E-state index is 11.7. The van der Waals surface area contributed by atoms with Gasteiger partial charge in [0.05, 0.1) is 6.10 Å². The number of carbonyl (C=O) groups is 1. The molecule has 1 aromatic heterocycles. The van der Waals surface area contributed by atoms with Gasteiger partial charge in [-0.2, -0.15) is 0 Å². The summed E-state index contributed by atoms with van der Waals surface area (Å²) in [5.74, 6) is 0.577. The van der Waals surface area contributed by atoms with Crippen LogP contribution >= 0.6 is 0 Å². The van der Waals surface area contributed by atoms with Crippen LogP contribution in [0.3, 0.4) is 0 Å². The zero-order valence-electron chi connectivity index (χ0n) is 9.09. The molecule has 2 amide bonds. The van der Waals surface area contributed by atoms with Crippen LogP contribution in [0.5, 0.6) is 0 Å². The predicted octanol–water partition coefficient (Wildman–Crippen LogP) is 0.909. The number of nitrogens with zero attached hydrogens (tertiary/aromatic N) is 2. The van der Waals surface area contributed by atoms with E-state index in [4.69, 9.17) is 0 Å². The van der Waals surface area contributed by atoms with Crippen LogP contribution < -0.4 is 5.32 Å². The molecule has 0 spiro atoms. The maximum Gasteiger partial charge on any atom is 0.323 e. The van der Waals surface area contributed by atoms with E-state index in [-0.39, 0.29) is 18.1 Å². The van der Waals surface area contributed by atoms with Crippen LogP contribution in [0, 0.1) is 5.92 Å². The van der Waals surface area contributed by atoms with Crippen molar-refractivity contribution in [2.75, 3.05) is 18.4 Å². The van der Waals surface area contributed by atoms with Gasteiger partial charge in [0.25, 0.3) is 0 Å². The van der Waals surface area contributed by atoms with E-state index in [1.807, 2.05) is 0 Å². The van der Waals surface area contributed by atoms with Gasteiger partial charge in [-0.05, 0) is 13.3 Å². The number of nitrogens with one attached hydrogen (secondary N) is 1. The minimum absolute atomic E-state index is 0.169. The van der Waals surface area contributed by atoms with Gasteiger partial charge >= 0.3 is 6.03 Å². The molecule has 0 saturated carbocycles. The summed E-state index contributed by atoms with van der Waals surface area (Å²) in [5, 5.41) is 15.6. The Kier molecular flexibility index (Phi) is 3.09. The van der Waals surface area contributed by atoms with Crippen molar-refractivity contribution in [2.24, 2.45) is 5.92 Å². The molecule has 1 aliphatic rings. The third kappa shape index (κ3) is 2.33. The number of anilines is 1. The first-order valence-corrected chi connectivity index (χ1v) is 5.31. The third-order valence-corrected chi connectivity index (χ3v) is 2.87. The summed E-state index contributed by atoms with van der Waals surface area (Å²) in [6, 6.07) is 1.39. The second-order valence-electron chi connectivity index (χ2n) is 4.05. The average Bonchev–Trinajstić information content (AvgIpc) is 2.86. The van der Waals surface area contributed by atoms with Crippen molar-refractivity contribution in [3.63, 3.8) is 0 Å². The molecule has 1 aliphatic heterocycles. The van der Waals surface area contributed by atoms with E-state index in [1.54, 1.807) is 17.9 Å². The molecule has 0 radical (unpaired) electrons. The highest BCUT2D eigenvalue weighted by Crippen LogP contribution is 2.20. The van der Waals surface area contributed by atoms with Gasteiger partial charge in [0.2, 0.25) is 0 Å². The second-order valence-corrected chi connectivity index (χ2v) is 4.05. The van der Waals surface area contributed by atoms with Gasteiger partial charge < -0.3 is 14.5 Å². The molecule has 1 aromatic rings. The number of likely N-dealkylation sites (tertiary alicyclic amines) is 1. The van der Waals surface area contributed by atoms with Crippen molar-refractivity contribution < 1.29 is 14.4 Å². The Morgan fingerprint density at radius 2 is 2.62 bits per heavy atom. The van der Waals surface area contributed by atoms with Gasteiger partial charge in [0.15, 0.2) is 5.82 Å². The Labute approximate surface area is 93.2 Å². The van der Waals surface area contributed by atoms with E-state index < -0.39 is 0 Å². The first-order chi connectivity index (χ1) is 7.66. The average molecular weight is 225 g/mol. The van der Waals surface area contributed by atoms with E-state index in [9.17, 15) is 9.90 Å². The number of carbonyl (C=O) groups excluding carboxylic acids is 1. The lowest BCUT2D eigenvalue weighted by molar-refractivity contribution is 0.130. The first kappa shape index (κ1) is 10.9. The summed E-state index contributed by atoms with van der Waals surface area (Å²) in [6.45, 7) is 3.00. The molecule has 88 valence electrons. The smallest absolute Gasteiger partial charge is 0.323 e. The summed E-state index contributed by atoms with van der Waals surface area (Å²) >= 11 is 0. The summed E-state index contributed by atoms with van der Waals surface area (Å²) in [5.41, 5.74) is 0. The fourth-order valence-corrected chi connectivity index (χ4v) is 1.83. The highest BCUT2D eigenvalue weighted by atomic mass is 16.5. The molecule has 0 bridgehead atoms. The number of aromatic nitrogens is 1. The monoisotopic (exact) mass is 225 g/mol. The predicted molar refractivity (Wildman–Crippen MR) is 56.9 cm³/mol. The van der Waals surface area contributed by atoms with Crippen molar-refractivity contribution >= 4 is 11.8 Å². The number of hydrogen-bond donors (Lipinski definition) is 2. The van der Waals surface area contributed by atoms with Crippen molar-refractivity contribution in [3.8, 4) is 0 Å². The van der Waals surface area contributed by atoms with Gasteiger partial charge in [-0.25, -0.2) is 4.79 Å². The molecule has 2 atom stereocenters. The van der Waals surface area contributed by atoms with Crippen molar-refractivity contribution in [1.82, 2.24) is 10.1 Å². The van der Waals surface area contributed by atoms with Crippen LogP contribution in [0.2, 0.25) is 0 Å². The van der Waals surface area contributed by atoms with Crippen LogP contribution in [0.4, 0.5) is 10.6 Å². The Bertz CT molecular complexity index is 350. The molecule has 2 heterocycles. The lowest BCUT2D eigenvalue weighted by atomic mass is 10.0. The number of urea groups is 1. The quantitative estimate of drug-likeness (QED) is 0.784. The number of rotatable bonds is 2. The topological polar surface area (TPSA) is 78.6 Å². The minimum Gasteiger partial charge on any atom is -0.393 e. The molecular formula is C10H15N3O3. The molecule has 1 saturated heterocycles. The fourth-order valence-electron chi connectivity index (χ4n) is 1.83. The standard InChI is InChI=1S/C10H15N3O3/c1-7(14)8-2-4-13(6-8)10(15)11-9-3-5-16-12-9/h3,5,7-8,14H,2,4,6H2,1H3,(H,11,12,15). The molecule has 2 unspecified atom stereocenters. The van der Waals surface area contributed by atoms with Gasteiger partial charge in [-0.3, -0.25) is 5.32 Å². The Morgan fingerprint density at radius 1 is 1.81 bits per heavy atom. The van der Waals surface area contributed by atoms with E-state index in [0.717, 1.165) is 6.42 Å².